The molecule has 0 aliphatic carbocycles. The molecule has 0 saturated carbocycles. The monoisotopic (exact) mass is 402 g/mol. The number of aryl methyl sites for hydroxylation is 1. The second-order valence-corrected chi connectivity index (χ2v) is 8.03. The fraction of sp³-hybridized carbons (Fsp3) is 0.524. The van der Waals surface area contributed by atoms with Crippen molar-refractivity contribution in [3.8, 4) is 11.3 Å². The molecule has 0 N–H and O–H groups in total. The molecule has 2 aliphatic rings. The predicted molar refractivity (Wildman–Crippen MR) is 110 cm³/mol. The van der Waals surface area contributed by atoms with Gasteiger partial charge in [-0.05, 0) is 38.9 Å². The summed E-state index contributed by atoms with van der Waals surface area (Å²) in [6.07, 6.45) is 2.66. The molecule has 7 heteroatoms. The van der Waals surface area contributed by atoms with E-state index < -0.39 is 0 Å². The molecule has 0 unspecified atom stereocenters. The lowest BCUT2D eigenvalue weighted by Gasteiger charge is -2.35. The van der Waals surface area contributed by atoms with Crippen molar-refractivity contribution in [1.82, 2.24) is 19.9 Å². The third-order valence-electron chi connectivity index (χ3n) is 5.80. The normalized spacial score (nSPS) is 18.7. The summed E-state index contributed by atoms with van der Waals surface area (Å²) in [5.41, 5.74) is 1.79. The van der Waals surface area contributed by atoms with E-state index in [9.17, 15) is 4.79 Å². The first-order valence-corrected chi connectivity index (χ1v) is 10.5. The Labute approximate surface area is 171 Å². The van der Waals surface area contributed by atoms with Gasteiger partial charge in [0.15, 0.2) is 0 Å². The Hall–Kier alpha value is -1.89. The van der Waals surface area contributed by atoms with Crippen LogP contribution in [0.15, 0.2) is 28.8 Å². The summed E-state index contributed by atoms with van der Waals surface area (Å²) in [6.45, 7) is 9.74. The minimum absolute atomic E-state index is 0.0205. The predicted octanol–water partition coefficient (Wildman–Crippen LogP) is 3.16. The van der Waals surface area contributed by atoms with E-state index in [1.54, 1.807) is 13.0 Å². The van der Waals surface area contributed by atoms with Gasteiger partial charge in [0.2, 0.25) is 0 Å². The van der Waals surface area contributed by atoms with Crippen LogP contribution in [0.25, 0.3) is 11.3 Å². The number of carbonyl (C=O) groups is 1. The zero-order chi connectivity index (χ0) is 19.5. The second kappa shape index (κ2) is 8.64. The number of carbonyl (C=O) groups excluding carboxylic acids is 1. The van der Waals surface area contributed by atoms with Crippen molar-refractivity contribution >= 4 is 17.5 Å². The van der Waals surface area contributed by atoms with E-state index in [1.807, 2.05) is 23.1 Å². The molecular weight excluding hydrogens is 376 g/mol. The van der Waals surface area contributed by atoms with Gasteiger partial charge in [0.05, 0.1) is 5.02 Å². The van der Waals surface area contributed by atoms with E-state index in [0.29, 0.717) is 22.0 Å². The van der Waals surface area contributed by atoms with E-state index in [0.717, 1.165) is 44.8 Å². The highest BCUT2D eigenvalue weighted by molar-refractivity contribution is 6.33. The van der Waals surface area contributed by atoms with Crippen LogP contribution in [-0.4, -0.2) is 78.1 Å². The summed E-state index contributed by atoms with van der Waals surface area (Å²) in [6, 6.07) is 7.42. The van der Waals surface area contributed by atoms with Crippen molar-refractivity contribution in [2.24, 2.45) is 0 Å². The van der Waals surface area contributed by atoms with Crippen molar-refractivity contribution in [3.63, 3.8) is 0 Å². The molecule has 2 aliphatic heterocycles. The third kappa shape index (κ3) is 4.09. The van der Waals surface area contributed by atoms with Gasteiger partial charge < -0.3 is 14.3 Å². The molecule has 0 radical (unpaired) electrons. The van der Waals surface area contributed by atoms with Gasteiger partial charge in [-0.15, -0.1) is 0 Å². The average molecular weight is 403 g/mol. The average Bonchev–Trinajstić information content (AvgIpc) is 3.36. The quantitative estimate of drug-likeness (QED) is 0.768. The molecule has 2 saturated heterocycles. The number of amides is 1. The minimum Gasteiger partial charge on any atom is -0.360 e. The van der Waals surface area contributed by atoms with E-state index in [-0.39, 0.29) is 5.91 Å². The Morgan fingerprint density at radius 2 is 1.68 bits per heavy atom. The number of nitrogens with zero attached hydrogens (tertiary/aromatic N) is 4. The molecule has 1 amide bonds. The number of piperazine rings is 1. The molecule has 28 heavy (non-hydrogen) atoms. The molecular formula is C21H27ClN4O2. The Morgan fingerprint density at radius 1 is 1.04 bits per heavy atom. The SMILES string of the molecule is Cc1onc(-c2ccccc2Cl)c1C(=O)N1CCN(CCN2CCCC2)CC1. The van der Waals surface area contributed by atoms with E-state index in [4.69, 9.17) is 16.1 Å². The molecule has 3 heterocycles. The first kappa shape index (κ1) is 19.4. The second-order valence-electron chi connectivity index (χ2n) is 7.62. The number of aromatic nitrogens is 1. The first-order chi connectivity index (χ1) is 13.6. The number of benzene rings is 1. The van der Waals surface area contributed by atoms with Crippen LogP contribution in [0.4, 0.5) is 0 Å². The highest BCUT2D eigenvalue weighted by Crippen LogP contribution is 2.31. The topological polar surface area (TPSA) is 52.8 Å². The number of halogens is 1. The van der Waals surface area contributed by atoms with Crippen LogP contribution in [0.5, 0.6) is 0 Å². The van der Waals surface area contributed by atoms with Gasteiger partial charge in [-0.3, -0.25) is 9.69 Å². The molecule has 0 atom stereocenters. The van der Waals surface area contributed by atoms with Crippen LogP contribution >= 0.6 is 11.6 Å². The Morgan fingerprint density at radius 3 is 2.36 bits per heavy atom. The van der Waals surface area contributed by atoms with Gasteiger partial charge in [0.25, 0.3) is 5.91 Å². The van der Waals surface area contributed by atoms with Gasteiger partial charge in [-0.1, -0.05) is 35.0 Å². The van der Waals surface area contributed by atoms with E-state index in [2.05, 4.69) is 15.0 Å². The third-order valence-corrected chi connectivity index (χ3v) is 6.13. The summed E-state index contributed by atoms with van der Waals surface area (Å²) in [5, 5.41) is 4.69. The van der Waals surface area contributed by atoms with Crippen molar-refractivity contribution < 1.29 is 9.32 Å². The van der Waals surface area contributed by atoms with Crippen LogP contribution in [0.1, 0.15) is 29.0 Å². The standard InChI is InChI=1S/C21H27ClN4O2/c1-16-19(20(23-28-16)17-6-2-3-7-18(17)22)21(27)26-14-12-25(13-15-26)11-10-24-8-4-5-9-24/h2-3,6-7H,4-5,8-15H2,1H3. The molecule has 0 spiro atoms. The highest BCUT2D eigenvalue weighted by Gasteiger charge is 2.29. The van der Waals surface area contributed by atoms with Crippen molar-refractivity contribution in [1.29, 1.82) is 0 Å². The fourth-order valence-electron chi connectivity index (χ4n) is 4.08. The molecule has 6 nitrogen and oxygen atoms in total. The van der Waals surface area contributed by atoms with Crippen molar-refractivity contribution in [2.75, 3.05) is 52.4 Å². The molecule has 1 aromatic heterocycles. The molecule has 1 aromatic carbocycles. The van der Waals surface area contributed by atoms with E-state index >= 15 is 0 Å². The Bertz CT molecular complexity index is 824. The fourth-order valence-corrected chi connectivity index (χ4v) is 4.31. The summed E-state index contributed by atoms with van der Waals surface area (Å²) in [5.74, 6) is 0.518. The highest BCUT2D eigenvalue weighted by atomic mass is 35.5. The number of rotatable bonds is 5. The summed E-state index contributed by atoms with van der Waals surface area (Å²) >= 11 is 6.32. The largest absolute Gasteiger partial charge is 0.360 e. The zero-order valence-corrected chi connectivity index (χ0v) is 17.1. The molecule has 150 valence electrons. The summed E-state index contributed by atoms with van der Waals surface area (Å²) in [4.78, 5) is 20.1. The maximum Gasteiger partial charge on any atom is 0.259 e. The number of hydrogen-bond donors (Lipinski definition) is 0. The Kier molecular flexibility index (Phi) is 5.99. The van der Waals surface area contributed by atoms with Crippen LogP contribution in [0, 0.1) is 6.92 Å². The zero-order valence-electron chi connectivity index (χ0n) is 16.4. The summed E-state index contributed by atoms with van der Waals surface area (Å²) < 4.78 is 5.36. The summed E-state index contributed by atoms with van der Waals surface area (Å²) in [7, 11) is 0. The molecule has 0 bridgehead atoms. The Balaban J connectivity index is 1.40. The lowest BCUT2D eigenvalue weighted by Crippen LogP contribution is -2.50. The van der Waals surface area contributed by atoms with Crippen LogP contribution in [0.2, 0.25) is 5.02 Å². The molecule has 4 rings (SSSR count). The van der Waals surface area contributed by atoms with Crippen molar-refractivity contribution in [2.45, 2.75) is 19.8 Å². The maximum atomic E-state index is 13.2. The number of likely N-dealkylation sites (tertiary alicyclic amines) is 1. The van der Waals surface area contributed by atoms with E-state index in [1.165, 1.54) is 25.9 Å². The maximum absolute atomic E-state index is 13.2. The van der Waals surface area contributed by atoms with Gasteiger partial charge in [-0.25, -0.2) is 0 Å². The van der Waals surface area contributed by atoms with Crippen LogP contribution in [0.3, 0.4) is 0 Å². The lowest BCUT2D eigenvalue weighted by molar-refractivity contribution is 0.0625. The smallest absolute Gasteiger partial charge is 0.259 e. The van der Waals surface area contributed by atoms with Crippen molar-refractivity contribution in [3.05, 3.63) is 40.6 Å². The number of hydrogen-bond acceptors (Lipinski definition) is 5. The van der Waals surface area contributed by atoms with Gasteiger partial charge in [-0.2, -0.15) is 0 Å². The molecule has 2 aromatic rings. The van der Waals surface area contributed by atoms with Gasteiger partial charge >= 0.3 is 0 Å². The van der Waals surface area contributed by atoms with Gasteiger partial charge in [0, 0.05) is 44.8 Å². The first-order valence-electron chi connectivity index (χ1n) is 10.1. The lowest BCUT2D eigenvalue weighted by atomic mass is 10.0. The van der Waals surface area contributed by atoms with Gasteiger partial charge in [0.1, 0.15) is 17.0 Å². The van der Waals surface area contributed by atoms with Crippen LogP contribution in [-0.2, 0) is 0 Å². The minimum atomic E-state index is -0.0205. The molecule has 2 fully saturated rings. The van der Waals surface area contributed by atoms with Crippen LogP contribution < -0.4 is 0 Å².